The van der Waals surface area contributed by atoms with Gasteiger partial charge in [-0.15, -0.1) is 0 Å². The van der Waals surface area contributed by atoms with Crippen LogP contribution in [0.3, 0.4) is 0 Å². The molecule has 0 bridgehead atoms. The second-order valence-electron chi connectivity index (χ2n) is 5.14. The lowest BCUT2D eigenvalue weighted by Crippen LogP contribution is -2.37. The van der Waals surface area contributed by atoms with Crippen LogP contribution in [0.25, 0.3) is 0 Å². The van der Waals surface area contributed by atoms with Crippen molar-refractivity contribution in [1.29, 1.82) is 0 Å². The summed E-state index contributed by atoms with van der Waals surface area (Å²) in [5.74, 6) is -1.74. The minimum Gasteiger partial charge on any atom is -0.475 e. The molecule has 110 valence electrons. The summed E-state index contributed by atoms with van der Waals surface area (Å²) in [5.41, 5.74) is 0. The minimum atomic E-state index is -1.18. The van der Waals surface area contributed by atoms with Crippen molar-refractivity contribution in [3.8, 4) is 0 Å². The van der Waals surface area contributed by atoms with Gasteiger partial charge in [-0.05, 0) is 32.0 Å². The molecule has 20 heavy (non-hydrogen) atoms. The Kier molecular flexibility index (Phi) is 4.79. The maximum Gasteiger partial charge on any atom is 0.371 e. The molecule has 0 radical (unpaired) electrons. The maximum absolute atomic E-state index is 11.8. The Morgan fingerprint density at radius 2 is 2.00 bits per heavy atom. The van der Waals surface area contributed by atoms with Crippen LogP contribution >= 0.6 is 0 Å². The minimum absolute atomic E-state index is 0.0333. The second-order valence-corrected chi connectivity index (χ2v) is 5.14. The summed E-state index contributed by atoms with van der Waals surface area (Å²) >= 11 is 0. The molecule has 1 aliphatic carbocycles. The molecular formula is C14H20N2O4. The highest BCUT2D eigenvalue weighted by atomic mass is 16.4. The van der Waals surface area contributed by atoms with Crippen molar-refractivity contribution in [2.45, 2.75) is 31.7 Å². The Morgan fingerprint density at radius 3 is 2.60 bits per heavy atom. The van der Waals surface area contributed by atoms with E-state index in [4.69, 9.17) is 9.52 Å². The molecule has 2 rings (SSSR count). The maximum atomic E-state index is 11.8. The van der Waals surface area contributed by atoms with Crippen molar-refractivity contribution in [3.63, 3.8) is 0 Å². The smallest absolute Gasteiger partial charge is 0.371 e. The first-order valence-corrected chi connectivity index (χ1v) is 6.89. The third kappa shape index (κ3) is 3.60. The van der Waals surface area contributed by atoms with Gasteiger partial charge < -0.3 is 19.7 Å². The Hall–Kier alpha value is -1.82. The standard InChI is InChI=1S/C14H20N2O4/c1-16(10-4-2-3-5-10)9-8-15-13(17)11-6-7-12(20-11)14(18)19/h6-7,10H,2-5,8-9H2,1H3,(H,15,17)(H,18,19). The molecule has 1 heterocycles. The molecule has 0 saturated heterocycles. The number of hydrogen-bond donors (Lipinski definition) is 2. The normalized spacial score (nSPS) is 15.7. The lowest BCUT2D eigenvalue weighted by Gasteiger charge is -2.23. The highest BCUT2D eigenvalue weighted by molar-refractivity contribution is 5.93. The van der Waals surface area contributed by atoms with Crippen molar-refractivity contribution in [2.24, 2.45) is 0 Å². The molecule has 1 aromatic rings. The number of rotatable bonds is 6. The molecule has 1 aromatic heterocycles. The van der Waals surface area contributed by atoms with Gasteiger partial charge in [-0.2, -0.15) is 0 Å². The van der Waals surface area contributed by atoms with E-state index in [1.807, 2.05) is 0 Å². The Balaban J connectivity index is 1.75. The van der Waals surface area contributed by atoms with Crippen molar-refractivity contribution < 1.29 is 19.1 Å². The number of furan rings is 1. The molecule has 2 N–H and O–H groups in total. The summed E-state index contributed by atoms with van der Waals surface area (Å²) in [5, 5.41) is 11.5. The SMILES string of the molecule is CN(CCNC(=O)c1ccc(C(=O)O)o1)C1CCCC1. The Bertz CT molecular complexity index is 477. The Morgan fingerprint density at radius 1 is 1.35 bits per heavy atom. The van der Waals surface area contributed by atoms with Gasteiger partial charge in [-0.3, -0.25) is 4.79 Å². The number of likely N-dealkylation sites (N-methyl/N-ethyl adjacent to an activating group) is 1. The van der Waals surface area contributed by atoms with Crippen molar-refractivity contribution in [2.75, 3.05) is 20.1 Å². The van der Waals surface area contributed by atoms with Gasteiger partial charge in [-0.1, -0.05) is 12.8 Å². The van der Waals surface area contributed by atoms with Crippen LogP contribution in [0.1, 0.15) is 46.8 Å². The van der Waals surface area contributed by atoms with E-state index in [0.29, 0.717) is 12.6 Å². The van der Waals surface area contributed by atoms with Gasteiger partial charge in [-0.25, -0.2) is 4.79 Å². The average molecular weight is 280 g/mol. The van der Waals surface area contributed by atoms with Crippen molar-refractivity contribution in [1.82, 2.24) is 10.2 Å². The second kappa shape index (κ2) is 6.56. The molecule has 1 fully saturated rings. The molecule has 0 atom stereocenters. The predicted molar refractivity (Wildman–Crippen MR) is 72.9 cm³/mol. The van der Waals surface area contributed by atoms with E-state index >= 15 is 0 Å². The van der Waals surface area contributed by atoms with Gasteiger partial charge in [0.1, 0.15) is 0 Å². The van der Waals surface area contributed by atoms with Crippen LogP contribution in [0, 0.1) is 0 Å². The van der Waals surface area contributed by atoms with Crippen LogP contribution < -0.4 is 5.32 Å². The average Bonchev–Trinajstić information content (AvgIpc) is 3.09. The monoisotopic (exact) mass is 280 g/mol. The first kappa shape index (κ1) is 14.6. The zero-order chi connectivity index (χ0) is 14.5. The fraction of sp³-hybridized carbons (Fsp3) is 0.571. The van der Waals surface area contributed by atoms with Crippen LogP contribution in [0.5, 0.6) is 0 Å². The molecule has 0 unspecified atom stereocenters. The summed E-state index contributed by atoms with van der Waals surface area (Å²) in [6, 6.07) is 3.27. The molecule has 6 heteroatoms. The van der Waals surface area contributed by atoms with E-state index in [-0.39, 0.29) is 17.4 Å². The van der Waals surface area contributed by atoms with Crippen LogP contribution in [-0.4, -0.2) is 48.1 Å². The quantitative estimate of drug-likeness (QED) is 0.826. The van der Waals surface area contributed by atoms with Gasteiger partial charge in [0.2, 0.25) is 5.76 Å². The summed E-state index contributed by atoms with van der Waals surface area (Å²) in [6.07, 6.45) is 5.02. The first-order chi connectivity index (χ1) is 9.58. The molecule has 0 aromatic carbocycles. The van der Waals surface area contributed by atoms with Gasteiger partial charge in [0, 0.05) is 19.1 Å². The van der Waals surface area contributed by atoms with Gasteiger partial charge in [0.05, 0.1) is 0 Å². The highest BCUT2D eigenvalue weighted by Crippen LogP contribution is 2.21. The molecule has 0 spiro atoms. The Labute approximate surface area is 117 Å². The van der Waals surface area contributed by atoms with Gasteiger partial charge >= 0.3 is 5.97 Å². The number of aromatic carboxylic acids is 1. The number of carboxylic acids is 1. The number of carbonyl (C=O) groups excluding carboxylic acids is 1. The van der Waals surface area contributed by atoms with Gasteiger partial charge in [0.25, 0.3) is 5.91 Å². The van der Waals surface area contributed by atoms with Crippen LogP contribution in [0.4, 0.5) is 0 Å². The van der Waals surface area contributed by atoms with Crippen LogP contribution in [0.15, 0.2) is 16.5 Å². The molecule has 0 aliphatic heterocycles. The largest absolute Gasteiger partial charge is 0.475 e. The zero-order valence-electron chi connectivity index (χ0n) is 11.6. The predicted octanol–water partition coefficient (Wildman–Crippen LogP) is 1.58. The first-order valence-electron chi connectivity index (χ1n) is 6.89. The van der Waals surface area contributed by atoms with Crippen LogP contribution in [-0.2, 0) is 0 Å². The summed E-state index contributed by atoms with van der Waals surface area (Å²) < 4.78 is 4.94. The number of carboxylic acid groups (broad SMARTS) is 1. The van der Waals surface area contributed by atoms with E-state index in [0.717, 1.165) is 6.54 Å². The molecule has 1 aliphatic rings. The fourth-order valence-corrected chi connectivity index (χ4v) is 2.54. The highest BCUT2D eigenvalue weighted by Gasteiger charge is 2.19. The molecule has 1 amide bonds. The van der Waals surface area contributed by atoms with E-state index in [1.165, 1.54) is 37.8 Å². The third-order valence-electron chi connectivity index (χ3n) is 3.74. The van der Waals surface area contributed by atoms with Crippen molar-refractivity contribution >= 4 is 11.9 Å². The van der Waals surface area contributed by atoms with E-state index < -0.39 is 5.97 Å². The number of nitrogens with one attached hydrogen (secondary N) is 1. The summed E-state index contributed by atoms with van der Waals surface area (Å²) in [4.78, 5) is 24.7. The zero-order valence-corrected chi connectivity index (χ0v) is 11.6. The van der Waals surface area contributed by atoms with E-state index in [2.05, 4.69) is 17.3 Å². The van der Waals surface area contributed by atoms with E-state index in [1.54, 1.807) is 0 Å². The lowest BCUT2D eigenvalue weighted by atomic mass is 10.2. The molecular weight excluding hydrogens is 260 g/mol. The molecule has 1 saturated carbocycles. The number of amides is 1. The van der Waals surface area contributed by atoms with Crippen LogP contribution in [0.2, 0.25) is 0 Å². The molecule has 6 nitrogen and oxygen atoms in total. The summed E-state index contributed by atoms with van der Waals surface area (Å²) in [6.45, 7) is 1.30. The van der Waals surface area contributed by atoms with Crippen molar-refractivity contribution in [3.05, 3.63) is 23.7 Å². The fourth-order valence-electron chi connectivity index (χ4n) is 2.54. The number of nitrogens with zero attached hydrogens (tertiary/aromatic N) is 1. The summed E-state index contributed by atoms with van der Waals surface area (Å²) in [7, 11) is 2.07. The third-order valence-corrected chi connectivity index (χ3v) is 3.74. The van der Waals surface area contributed by atoms with E-state index in [9.17, 15) is 9.59 Å². The topological polar surface area (TPSA) is 82.8 Å². The number of carbonyl (C=O) groups is 2. The lowest BCUT2D eigenvalue weighted by molar-refractivity contribution is 0.0659. The van der Waals surface area contributed by atoms with Gasteiger partial charge in [0.15, 0.2) is 5.76 Å². The number of hydrogen-bond acceptors (Lipinski definition) is 4.